The molecule has 0 atom stereocenters. The first-order chi connectivity index (χ1) is 9.15. The molecule has 0 unspecified atom stereocenters. The predicted octanol–water partition coefficient (Wildman–Crippen LogP) is 2.82. The summed E-state index contributed by atoms with van der Waals surface area (Å²) in [7, 11) is -2.14. The average Bonchev–Trinajstić information content (AvgIpc) is 2.30. The maximum absolute atomic E-state index is 12.8. The Hall–Kier alpha value is -0.800. The Bertz CT molecular complexity index is 561. The number of hydrogen-bond acceptors (Lipinski definition) is 3. The molecule has 2 N–H and O–H groups in total. The molecule has 0 aliphatic heterocycles. The van der Waals surface area contributed by atoms with Crippen LogP contribution in [-0.2, 0) is 16.2 Å². The van der Waals surface area contributed by atoms with Gasteiger partial charge in [0.15, 0.2) is 0 Å². The van der Waals surface area contributed by atoms with E-state index in [2.05, 4.69) is 21.2 Å². The molecule has 1 aromatic rings. The lowest BCUT2D eigenvalue weighted by Crippen LogP contribution is -2.22. The molecular formula is C11H14BrF3N2O2S. The molecule has 114 valence electrons. The van der Waals surface area contributed by atoms with Crippen molar-refractivity contribution in [2.24, 2.45) is 0 Å². The predicted molar refractivity (Wildman–Crippen MR) is 75.1 cm³/mol. The normalized spacial score (nSPS) is 12.4. The first-order valence-electron chi connectivity index (χ1n) is 5.67. The van der Waals surface area contributed by atoms with Gasteiger partial charge in [-0.05, 0) is 38.2 Å². The first kappa shape index (κ1) is 17.3. The molecule has 1 aromatic carbocycles. The summed E-state index contributed by atoms with van der Waals surface area (Å²) < 4.78 is 64.2. The third kappa shape index (κ3) is 5.29. The van der Waals surface area contributed by atoms with Crippen molar-refractivity contribution in [1.29, 1.82) is 0 Å². The Morgan fingerprint density at radius 1 is 1.30 bits per heavy atom. The minimum Gasteiger partial charge on any atom is -0.320 e. The zero-order valence-corrected chi connectivity index (χ0v) is 13.0. The van der Waals surface area contributed by atoms with Crippen LogP contribution < -0.4 is 10.0 Å². The topological polar surface area (TPSA) is 58.2 Å². The lowest BCUT2D eigenvalue weighted by molar-refractivity contribution is -0.136. The third-order valence-electron chi connectivity index (χ3n) is 2.39. The highest BCUT2D eigenvalue weighted by Crippen LogP contribution is 2.36. The number of anilines is 1. The van der Waals surface area contributed by atoms with Crippen molar-refractivity contribution in [2.75, 3.05) is 24.1 Å². The van der Waals surface area contributed by atoms with E-state index in [-0.39, 0.29) is 10.2 Å². The third-order valence-corrected chi connectivity index (χ3v) is 4.24. The summed E-state index contributed by atoms with van der Waals surface area (Å²) >= 11 is 2.93. The number of rotatable bonds is 6. The molecule has 20 heavy (non-hydrogen) atoms. The maximum Gasteiger partial charge on any atom is 0.418 e. The summed E-state index contributed by atoms with van der Waals surface area (Å²) in [5, 5.41) is 2.77. The van der Waals surface area contributed by atoms with Crippen LogP contribution in [0, 0.1) is 0 Å². The Balaban J connectivity index is 2.98. The van der Waals surface area contributed by atoms with Crippen molar-refractivity contribution < 1.29 is 21.6 Å². The largest absolute Gasteiger partial charge is 0.418 e. The molecule has 1 rings (SSSR count). The number of benzene rings is 1. The van der Waals surface area contributed by atoms with Crippen molar-refractivity contribution in [2.45, 2.75) is 12.6 Å². The van der Waals surface area contributed by atoms with Gasteiger partial charge in [-0.1, -0.05) is 15.9 Å². The molecule has 0 fully saturated rings. The van der Waals surface area contributed by atoms with Crippen LogP contribution in [-0.4, -0.2) is 27.8 Å². The second-order valence-electron chi connectivity index (χ2n) is 4.07. The second-order valence-corrected chi connectivity index (χ2v) is 6.82. The van der Waals surface area contributed by atoms with Crippen LogP contribution in [0.3, 0.4) is 0 Å². The van der Waals surface area contributed by atoms with Crippen LogP contribution in [0.15, 0.2) is 22.7 Å². The molecule has 0 amide bonds. The Morgan fingerprint density at radius 2 is 1.95 bits per heavy atom. The van der Waals surface area contributed by atoms with Gasteiger partial charge in [-0.2, -0.15) is 13.2 Å². The molecule has 0 spiro atoms. The lowest BCUT2D eigenvalue weighted by Gasteiger charge is -2.15. The molecule has 0 aromatic heterocycles. The van der Waals surface area contributed by atoms with Gasteiger partial charge in [0.2, 0.25) is 10.0 Å². The fourth-order valence-electron chi connectivity index (χ4n) is 1.50. The number of halogens is 4. The summed E-state index contributed by atoms with van der Waals surface area (Å²) in [5.41, 5.74) is -1.49. The van der Waals surface area contributed by atoms with Crippen LogP contribution in [0.5, 0.6) is 0 Å². The van der Waals surface area contributed by atoms with Gasteiger partial charge in [0, 0.05) is 4.47 Å². The van der Waals surface area contributed by atoms with Gasteiger partial charge < -0.3 is 5.32 Å². The van der Waals surface area contributed by atoms with E-state index in [0.29, 0.717) is 13.0 Å². The van der Waals surface area contributed by atoms with Gasteiger partial charge in [0.25, 0.3) is 0 Å². The zero-order valence-electron chi connectivity index (χ0n) is 10.6. The lowest BCUT2D eigenvalue weighted by atomic mass is 10.2. The molecule has 0 saturated heterocycles. The first-order valence-corrected chi connectivity index (χ1v) is 8.12. The number of sulfonamides is 1. The monoisotopic (exact) mass is 374 g/mol. The van der Waals surface area contributed by atoms with Gasteiger partial charge in [0.1, 0.15) is 0 Å². The number of nitrogens with one attached hydrogen (secondary N) is 2. The fraction of sp³-hybridized carbons (Fsp3) is 0.455. The fourth-order valence-corrected chi connectivity index (χ4v) is 3.00. The standard InChI is InChI=1S/C11H14BrF3N2O2S/c1-16-5-2-6-20(18,19)17-10-4-3-8(12)7-9(10)11(13,14)15/h3-4,7,16-17H,2,5-6H2,1H3. The van der Waals surface area contributed by atoms with E-state index < -0.39 is 27.5 Å². The van der Waals surface area contributed by atoms with Crippen LogP contribution in [0.1, 0.15) is 12.0 Å². The maximum atomic E-state index is 12.8. The molecular weight excluding hydrogens is 361 g/mol. The molecule has 0 bridgehead atoms. The Labute approximate surface area is 123 Å². The molecule has 0 aliphatic rings. The highest BCUT2D eigenvalue weighted by molar-refractivity contribution is 9.10. The SMILES string of the molecule is CNCCCS(=O)(=O)Nc1ccc(Br)cc1C(F)(F)F. The van der Waals surface area contributed by atoms with Gasteiger partial charge >= 0.3 is 6.18 Å². The number of hydrogen-bond donors (Lipinski definition) is 2. The summed E-state index contributed by atoms with van der Waals surface area (Å²) in [6.07, 6.45) is -4.32. The molecule has 0 radical (unpaired) electrons. The smallest absolute Gasteiger partial charge is 0.320 e. The van der Waals surface area contributed by atoms with E-state index in [1.54, 1.807) is 7.05 Å². The van der Waals surface area contributed by atoms with Crippen LogP contribution in [0.4, 0.5) is 18.9 Å². The Morgan fingerprint density at radius 3 is 2.50 bits per heavy atom. The number of alkyl halides is 3. The van der Waals surface area contributed by atoms with E-state index >= 15 is 0 Å². The summed E-state index contributed by atoms with van der Waals surface area (Å²) in [4.78, 5) is 0. The highest BCUT2D eigenvalue weighted by Gasteiger charge is 2.34. The van der Waals surface area contributed by atoms with E-state index in [9.17, 15) is 21.6 Å². The quantitative estimate of drug-likeness (QED) is 0.752. The van der Waals surface area contributed by atoms with Crippen molar-refractivity contribution in [3.8, 4) is 0 Å². The summed E-state index contributed by atoms with van der Waals surface area (Å²) in [6.45, 7) is 0.466. The van der Waals surface area contributed by atoms with E-state index in [1.165, 1.54) is 6.07 Å². The second kappa shape index (κ2) is 6.77. The summed E-state index contributed by atoms with van der Waals surface area (Å²) in [6, 6.07) is 3.27. The van der Waals surface area contributed by atoms with E-state index in [1.807, 2.05) is 4.72 Å². The molecule has 0 saturated carbocycles. The van der Waals surface area contributed by atoms with Gasteiger partial charge in [-0.15, -0.1) is 0 Å². The van der Waals surface area contributed by atoms with Gasteiger partial charge in [-0.3, -0.25) is 4.72 Å². The molecule has 0 heterocycles. The zero-order chi connectivity index (χ0) is 15.4. The van der Waals surface area contributed by atoms with Crippen LogP contribution >= 0.6 is 15.9 Å². The van der Waals surface area contributed by atoms with Crippen LogP contribution in [0.25, 0.3) is 0 Å². The highest BCUT2D eigenvalue weighted by atomic mass is 79.9. The molecule has 9 heteroatoms. The molecule has 0 aliphatic carbocycles. The minimum absolute atomic E-state index is 0.225. The minimum atomic E-state index is -4.63. The van der Waals surface area contributed by atoms with E-state index in [4.69, 9.17) is 0 Å². The van der Waals surface area contributed by atoms with Gasteiger partial charge in [-0.25, -0.2) is 8.42 Å². The van der Waals surface area contributed by atoms with Crippen molar-refractivity contribution >= 4 is 31.6 Å². The summed E-state index contributed by atoms with van der Waals surface area (Å²) in [5.74, 6) is -0.249. The average molecular weight is 375 g/mol. The van der Waals surface area contributed by atoms with Gasteiger partial charge in [0.05, 0.1) is 17.0 Å². The van der Waals surface area contributed by atoms with Crippen molar-refractivity contribution in [1.82, 2.24) is 5.32 Å². The van der Waals surface area contributed by atoms with Crippen molar-refractivity contribution in [3.63, 3.8) is 0 Å². The molecule has 4 nitrogen and oxygen atoms in total. The van der Waals surface area contributed by atoms with Crippen molar-refractivity contribution in [3.05, 3.63) is 28.2 Å². The van der Waals surface area contributed by atoms with E-state index in [0.717, 1.165) is 12.1 Å². The van der Waals surface area contributed by atoms with Crippen LogP contribution in [0.2, 0.25) is 0 Å². The Kier molecular flexibility index (Phi) is 5.84.